The highest BCUT2D eigenvalue weighted by Crippen LogP contribution is 2.10. The summed E-state index contributed by atoms with van der Waals surface area (Å²) in [7, 11) is 0. The molecule has 0 aliphatic carbocycles. The third-order valence-corrected chi connectivity index (χ3v) is 2.74. The Labute approximate surface area is 117 Å². The lowest BCUT2D eigenvalue weighted by molar-refractivity contribution is 0.582. The molecule has 98 valence electrons. The number of rotatable bonds is 0. The summed E-state index contributed by atoms with van der Waals surface area (Å²) >= 11 is 5.72. The van der Waals surface area contributed by atoms with Crippen LogP contribution in [0.15, 0.2) is 36.5 Å². The zero-order valence-electron chi connectivity index (χ0n) is 9.94. The topological polar surface area (TPSA) is 30.2 Å². The summed E-state index contributed by atoms with van der Waals surface area (Å²) in [5, 5.41) is 4.09. The molecule has 0 saturated carbocycles. The van der Waals surface area contributed by atoms with Gasteiger partial charge < -0.3 is 0 Å². The van der Waals surface area contributed by atoms with E-state index in [1.807, 2.05) is 0 Å². The first-order valence-corrected chi connectivity index (χ1v) is 5.98. The van der Waals surface area contributed by atoms with Crippen molar-refractivity contribution in [1.82, 2.24) is 14.6 Å². The van der Waals surface area contributed by atoms with Gasteiger partial charge in [-0.2, -0.15) is 0 Å². The molecule has 3 nitrogen and oxygen atoms in total. The van der Waals surface area contributed by atoms with E-state index < -0.39 is 11.6 Å². The number of benzene rings is 1. The molecule has 3 rings (SSSR count). The van der Waals surface area contributed by atoms with Gasteiger partial charge in [-0.3, -0.25) is 0 Å². The van der Waals surface area contributed by atoms with Crippen LogP contribution in [0.1, 0.15) is 11.3 Å². The van der Waals surface area contributed by atoms with Crippen LogP contribution in [-0.4, -0.2) is 14.6 Å². The summed E-state index contributed by atoms with van der Waals surface area (Å²) in [6.45, 7) is 0. The summed E-state index contributed by atoms with van der Waals surface area (Å²) in [5.41, 5.74) is 1.52. The van der Waals surface area contributed by atoms with E-state index in [-0.39, 0.29) is 10.8 Å². The zero-order valence-corrected chi connectivity index (χ0v) is 10.7. The predicted molar refractivity (Wildman–Crippen MR) is 70.3 cm³/mol. The maximum absolute atomic E-state index is 13.0. The van der Waals surface area contributed by atoms with Crippen LogP contribution >= 0.6 is 11.6 Å². The van der Waals surface area contributed by atoms with E-state index in [0.717, 1.165) is 23.7 Å². The number of nitrogens with zero attached hydrogens (tertiary/aromatic N) is 3. The molecule has 0 saturated heterocycles. The van der Waals surface area contributed by atoms with Crippen LogP contribution < -0.4 is 0 Å². The normalized spacial score (nSPS) is 10.3. The molecule has 2 aromatic heterocycles. The Balaban J connectivity index is 2.05. The van der Waals surface area contributed by atoms with Crippen LogP contribution in [0.2, 0.25) is 5.28 Å². The summed E-state index contributed by atoms with van der Waals surface area (Å²) in [6.07, 6.45) is 1.56. The fraction of sp³-hybridized carbons (Fsp3) is 0. The molecule has 0 aliphatic heterocycles. The highest BCUT2D eigenvalue weighted by molar-refractivity contribution is 6.28. The Morgan fingerprint density at radius 2 is 1.80 bits per heavy atom. The van der Waals surface area contributed by atoms with Crippen molar-refractivity contribution in [2.24, 2.45) is 0 Å². The summed E-state index contributed by atoms with van der Waals surface area (Å²) in [5.74, 6) is 4.15. The van der Waals surface area contributed by atoms with E-state index >= 15 is 0 Å². The molecule has 0 N–H and O–H groups in total. The lowest BCUT2D eigenvalue weighted by atomic mass is 10.2. The molecule has 20 heavy (non-hydrogen) atoms. The zero-order chi connectivity index (χ0) is 14.1. The van der Waals surface area contributed by atoms with Crippen LogP contribution in [0.25, 0.3) is 5.52 Å². The van der Waals surface area contributed by atoms with E-state index in [1.165, 1.54) is 4.52 Å². The fourth-order valence-corrected chi connectivity index (χ4v) is 1.86. The molecular weight excluding hydrogens is 284 g/mol. The fourth-order valence-electron chi connectivity index (χ4n) is 1.74. The van der Waals surface area contributed by atoms with Crippen molar-refractivity contribution in [3.8, 4) is 11.8 Å². The second kappa shape index (κ2) is 4.91. The van der Waals surface area contributed by atoms with Gasteiger partial charge in [-0.25, -0.2) is 18.3 Å². The Bertz CT molecular complexity index is 841. The average molecular weight is 290 g/mol. The molecule has 0 atom stereocenters. The molecule has 2 heterocycles. The highest BCUT2D eigenvalue weighted by Gasteiger charge is 2.02. The van der Waals surface area contributed by atoms with E-state index in [1.54, 1.807) is 18.3 Å². The molecule has 0 bridgehead atoms. The van der Waals surface area contributed by atoms with Gasteiger partial charge in [-0.05, 0) is 41.8 Å². The number of hydrogen-bond acceptors (Lipinski definition) is 2. The van der Waals surface area contributed by atoms with Crippen molar-refractivity contribution in [3.05, 3.63) is 64.7 Å². The minimum atomic E-state index is -0.667. The van der Waals surface area contributed by atoms with Gasteiger partial charge in [0.15, 0.2) is 0 Å². The van der Waals surface area contributed by atoms with Gasteiger partial charge >= 0.3 is 0 Å². The van der Waals surface area contributed by atoms with Gasteiger partial charge in [-0.1, -0.05) is 5.92 Å². The van der Waals surface area contributed by atoms with E-state index in [2.05, 4.69) is 21.9 Å². The number of fused-ring (bicyclic) bond motifs is 1. The van der Waals surface area contributed by atoms with Crippen LogP contribution in [-0.2, 0) is 0 Å². The van der Waals surface area contributed by atoms with Crippen molar-refractivity contribution in [2.75, 3.05) is 0 Å². The molecule has 6 heteroatoms. The summed E-state index contributed by atoms with van der Waals surface area (Å²) in [6, 6.07) is 6.61. The smallest absolute Gasteiger partial charge is 0.223 e. The lowest BCUT2D eigenvalue weighted by Crippen LogP contribution is -1.96. The standard InChI is InChI=1S/C14H6ClF2N3/c15-14-18-8-13-4-3-12(20(13)19-14)2-1-9-5-10(16)7-11(17)6-9/h3-8H. The van der Waals surface area contributed by atoms with Crippen LogP contribution in [0.3, 0.4) is 0 Å². The SMILES string of the molecule is Fc1cc(F)cc(C#Cc2ccc3cnc(Cl)nn23)c1. The maximum atomic E-state index is 13.0. The highest BCUT2D eigenvalue weighted by atomic mass is 35.5. The molecule has 0 spiro atoms. The van der Waals surface area contributed by atoms with E-state index in [4.69, 9.17) is 11.6 Å². The quantitative estimate of drug-likeness (QED) is 0.595. The van der Waals surface area contributed by atoms with Gasteiger partial charge in [-0.15, -0.1) is 5.10 Å². The minimum Gasteiger partial charge on any atom is -0.223 e. The van der Waals surface area contributed by atoms with Gasteiger partial charge in [0.25, 0.3) is 0 Å². The summed E-state index contributed by atoms with van der Waals surface area (Å²) in [4.78, 5) is 3.85. The first-order valence-electron chi connectivity index (χ1n) is 5.60. The molecule has 0 fully saturated rings. The number of halogens is 3. The van der Waals surface area contributed by atoms with Gasteiger partial charge in [0.2, 0.25) is 5.28 Å². The maximum Gasteiger partial charge on any atom is 0.241 e. The predicted octanol–water partition coefficient (Wildman–Crippen LogP) is 3.06. The Kier molecular flexibility index (Phi) is 3.09. The first kappa shape index (κ1) is 12.6. The molecule has 0 amide bonds. The monoisotopic (exact) mass is 289 g/mol. The second-order valence-electron chi connectivity index (χ2n) is 3.99. The Morgan fingerprint density at radius 1 is 1.05 bits per heavy atom. The second-order valence-corrected chi connectivity index (χ2v) is 4.33. The van der Waals surface area contributed by atoms with Crippen molar-refractivity contribution in [3.63, 3.8) is 0 Å². The average Bonchev–Trinajstić information content (AvgIpc) is 2.77. The van der Waals surface area contributed by atoms with Gasteiger partial charge in [0.05, 0.1) is 11.7 Å². The van der Waals surface area contributed by atoms with Crippen LogP contribution in [0.5, 0.6) is 0 Å². The number of aromatic nitrogens is 3. The van der Waals surface area contributed by atoms with Gasteiger partial charge in [0, 0.05) is 11.6 Å². The van der Waals surface area contributed by atoms with Crippen molar-refractivity contribution in [1.29, 1.82) is 0 Å². The van der Waals surface area contributed by atoms with Gasteiger partial charge in [0.1, 0.15) is 17.3 Å². The molecule has 1 aromatic carbocycles. The third-order valence-electron chi connectivity index (χ3n) is 2.57. The van der Waals surface area contributed by atoms with Crippen molar-refractivity contribution >= 4 is 17.1 Å². The van der Waals surface area contributed by atoms with Crippen LogP contribution in [0.4, 0.5) is 8.78 Å². The molecule has 0 aliphatic rings. The number of hydrogen-bond donors (Lipinski definition) is 0. The molecule has 3 aromatic rings. The Hall–Kier alpha value is -2.45. The van der Waals surface area contributed by atoms with Crippen molar-refractivity contribution in [2.45, 2.75) is 0 Å². The largest absolute Gasteiger partial charge is 0.241 e. The van der Waals surface area contributed by atoms with Crippen LogP contribution in [0, 0.1) is 23.5 Å². The first-order chi connectivity index (χ1) is 9.61. The van der Waals surface area contributed by atoms with E-state index in [9.17, 15) is 8.78 Å². The molecule has 0 radical (unpaired) electrons. The lowest BCUT2D eigenvalue weighted by Gasteiger charge is -1.95. The Morgan fingerprint density at radius 3 is 2.55 bits per heavy atom. The minimum absolute atomic E-state index is 0.0913. The van der Waals surface area contributed by atoms with Crippen molar-refractivity contribution < 1.29 is 8.78 Å². The van der Waals surface area contributed by atoms with E-state index in [0.29, 0.717) is 5.69 Å². The third kappa shape index (κ3) is 2.46. The summed E-state index contributed by atoms with van der Waals surface area (Å²) < 4.78 is 27.6. The molecular formula is C14H6ClF2N3. The molecule has 0 unspecified atom stereocenters.